The number of carbonyl (C=O) groups excluding carboxylic acids is 1. The van der Waals surface area contributed by atoms with Gasteiger partial charge < -0.3 is 4.74 Å². The fourth-order valence-electron chi connectivity index (χ4n) is 1.71. The van der Waals surface area contributed by atoms with Crippen LogP contribution in [0.1, 0.15) is 11.1 Å². The molecule has 2 aromatic rings. The van der Waals surface area contributed by atoms with Gasteiger partial charge >= 0.3 is 5.97 Å². The van der Waals surface area contributed by atoms with Crippen molar-refractivity contribution in [2.45, 2.75) is 6.42 Å². The molecule has 0 atom stereocenters. The zero-order chi connectivity index (χ0) is 17.1. The highest BCUT2D eigenvalue weighted by Crippen LogP contribution is 2.24. The number of esters is 1. The van der Waals surface area contributed by atoms with E-state index in [0.29, 0.717) is 0 Å². The van der Waals surface area contributed by atoms with Gasteiger partial charge in [-0.2, -0.15) is 5.26 Å². The van der Waals surface area contributed by atoms with Crippen LogP contribution in [0.25, 0.3) is 0 Å². The van der Waals surface area contributed by atoms with Crippen LogP contribution in [0, 0.1) is 40.4 Å². The van der Waals surface area contributed by atoms with Crippen LogP contribution >= 0.6 is 0 Å². The molecule has 0 spiro atoms. The van der Waals surface area contributed by atoms with Crippen LogP contribution in [-0.4, -0.2) is 5.97 Å². The second kappa shape index (κ2) is 6.44. The fraction of sp³-hybridized carbons (Fsp3) is 0.0667. The first-order valence-corrected chi connectivity index (χ1v) is 6.06. The average Bonchev–Trinajstić information content (AvgIpc) is 2.56. The minimum Gasteiger partial charge on any atom is -0.426 e. The molecule has 0 saturated heterocycles. The number of hydrogen-bond donors (Lipinski definition) is 0. The summed E-state index contributed by atoms with van der Waals surface area (Å²) in [6.07, 6.45) is -1.15. The number of hydrogen-bond acceptors (Lipinski definition) is 3. The molecule has 0 N–H and O–H groups in total. The maximum Gasteiger partial charge on any atom is 0.315 e. The van der Waals surface area contributed by atoms with Crippen molar-refractivity contribution < 1.29 is 31.5 Å². The van der Waals surface area contributed by atoms with E-state index in [1.165, 1.54) is 24.3 Å². The van der Waals surface area contributed by atoms with Crippen LogP contribution in [0.4, 0.5) is 22.0 Å². The largest absolute Gasteiger partial charge is 0.426 e. The van der Waals surface area contributed by atoms with Crippen molar-refractivity contribution in [2.75, 3.05) is 0 Å². The van der Waals surface area contributed by atoms with E-state index in [1.807, 2.05) is 6.07 Å². The summed E-state index contributed by atoms with van der Waals surface area (Å²) >= 11 is 0. The van der Waals surface area contributed by atoms with E-state index in [9.17, 15) is 26.7 Å². The zero-order valence-corrected chi connectivity index (χ0v) is 11.2. The number of carbonyl (C=O) groups is 1. The van der Waals surface area contributed by atoms with Gasteiger partial charge in [0.05, 0.1) is 18.1 Å². The maximum absolute atomic E-state index is 13.4. The highest BCUT2D eigenvalue weighted by molar-refractivity contribution is 5.75. The molecule has 0 unspecified atom stereocenters. The number of rotatable bonds is 3. The number of nitriles is 1. The van der Waals surface area contributed by atoms with Crippen molar-refractivity contribution in [3.63, 3.8) is 0 Å². The SMILES string of the molecule is N#Cc1ccc(OC(=O)Cc2c(F)c(F)c(F)c(F)c2F)cc1. The third-order valence-corrected chi connectivity index (χ3v) is 2.84. The Balaban J connectivity index is 2.22. The molecule has 2 aromatic carbocycles. The molecule has 8 heteroatoms. The van der Waals surface area contributed by atoms with Crippen molar-refractivity contribution in [3.8, 4) is 11.8 Å². The Labute approximate surface area is 126 Å². The van der Waals surface area contributed by atoms with E-state index in [2.05, 4.69) is 0 Å². The van der Waals surface area contributed by atoms with E-state index in [1.54, 1.807) is 0 Å². The molecule has 3 nitrogen and oxygen atoms in total. The van der Waals surface area contributed by atoms with Crippen LogP contribution in [0.3, 0.4) is 0 Å². The molecule has 0 aliphatic rings. The van der Waals surface area contributed by atoms with Crippen molar-refractivity contribution >= 4 is 5.97 Å². The topological polar surface area (TPSA) is 50.1 Å². The van der Waals surface area contributed by atoms with Gasteiger partial charge in [-0.05, 0) is 24.3 Å². The summed E-state index contributed by atoms with van der Waals surface area (Å²) in [5, 5.41) is 8.60. The van der Waals surface area contributed by atoms with Gasteiger partial charge in [-0.3, -0.25) is 4.79 Å². The van der Waals surface area contributed by atoms with Gasteiger partial charge in [0.25, 0.3) is 0 Å². The minimum absolute atomic E-state index is 0.0436. The first-order chi connectivity index (χ1) is 10.8. The first kappa shape index (κ1) is 16.4. The Kier molecular flexibility index (Phi) is 4.60. The second-order valence-corrected chi connectivity index (χ2v) is 4.34. The molecule has 0 aliphatic heterocycles. The Bertz CT molecular complexity index is 783. The van der Waals surface area contributed by atoms with Crippen molar-refractivity contribution in [3.05, 3.63) is 64.5 Å². The lowest BCUT2D eigenvalue weighted by molar-refractivity contribution is -0.133. The maximum atomic E-state index is 13.4. The molecule has 0 bridgehead atoms. The molecular weight excluding hydrogens is 321 g/mol. The normalized spacial score (nSPS) is 10.3. The average molecular weight is 327 g/mol. The number of benzene rings is 2. The molecular formula is C15H6F5NO2. The molecule has 2 rings (SSSR count). The molecule has 0 aromatic heterocycles. The summed E-state index contributed by atoms with van der Waals surface area (Å²) < 4.78 is 70.5. The van der Waals surface area contributed by atoms with Gasteiger partial charge in [0, 0.05) is 5.56 Å². The lowest BCUT2D eigenvalue weighted by atomic mass is 10.1. The summed E-state index contributed by atoms with van der Waals surface area (Å²) in [5.74, 6) is -12.0. The van der Waals surface area contributed by atoms with Crippen molar-refractivity contribution in [2.24, 2.45) is 0 Å². The van der Waals surface area contributed by atoms with Crippen molar-refractivity contribution in [1.82, 2.24) is 0 Å². The fourth-order valence-corrected chi connectivity index (χ4v) is 1.71. The van der Waals surface area contributed by atoms with E-state index < -0.39 is 47.0 Å². The van der Waals surface area contributed by atoms with E-state index >= 15 is 0 Å². The Morgan fingerprint density at radius 3 is 1.87 bits per heavy atom. The molecule has 23 heavy (non-hydrogen) atoms. The van der Waals surface area contributed by atoms with Gasteiger partial charge in [0.1, 0.15) is 5.75 Å². The second-order valence-electron chi connectivity index (χ2n) is 4.34. The third-order valence-electron chi connectivity index (χ3n) is 2.84. The quantitative estimate of drug-likeness (QED) is 0.285. The molecule has 0 radical (unpaired) electrons. The molecule has 0 fully saturated rings. The Hall–Kier alpha value is -2.95. The van der Waals surface area contributed by atoms with Gasteiger partial charge in [-0.25, -0.2) is 22.0 Å². The summed E-state index contributed by atoms with van der Waals surface area (Å²) in [7, 11) is 0. The highest BCUT2D eigenvalue weighted by atomic mass is 19.2. The summed E-state index contributed by atoms with van der Waals surface area (Å²) in [6, 6.07) is 6.95. The summed E-state index contributed by atoms with van der Waals surface area (Å²) in [6.45, 7) is 0. The van der Waals surface area contributed by atoms with E-state index in [-0.39, 0.29) is 11.3 Å². The predicted octanol–water partition coefficient (Wildman–Crippen LogP) is 3.40. The van der Waals surface area contributed by atoms with Crippen LogP contribution in [0.5, 0.6) is 5.75 Å². The number of ether oxygens (including phenoxy) is 1. The van der Waals surface area contributed by atoms with E-state index in [0.717, 1.165) is 0 Å². The van der Waals surface area contributed by atoms with Gasteiger partial charge in [-0.15, -0.1) is 0 Å². The highest BCUT2D eigenvalue weighted by Gasteiger charge is 2.27. The van der Waals surface area contributed by atoms with Gasteiger partial charge in [-0.1, -0.05) is 0 Å². The standard InChI is InChI=1S/C15H6F5NO2/c16-11-9(12(17)14(19)15(20)13(11)18)5-10(22)23-8-3-1-7(6-21)2-4-8/h1-4H,5H2. The van der Waals surface area contributed by atoms with Gasteiger partial charge in [0.15, 0.2) is 23.3 Å². The van der Waals surface area contributed by atoms with Gasteiger partial charge in [0.2, 0.25) is 5.82 Å². The van der Waals surface area contributed by atoms with E-state index in [4.69, 9.17) is 10.00 Å². The lowest BCUT2D eigenvalue weighted by Crippen LogP contribution is -2.16. The monoisotopic (exact) mass is 327 g/mol. The van der Waals surface area contributed by atoms with Crippen molar-refractivity contribution in [1.29, 1.82) is 5.26 Å². The lowest BCUT2D eigenvalue weighted by Gasteiger charge is -2.08. The van der Waals surface area contributed by atoms with Crippen LogP contribution < -0.4 is 4.74 Å². The van der Waals surface area contributed by atoms with Crippen LogP contribution in [0.2, 0.25) is 0 Å². The smallest absolute Gasteiger partial charge is 0.315 e. The number of nitrogens with zero attached hydrogens (tertiary/aromatic N) is 1. The Morgan fingerprint density at radius 2 is 1.39 bits per heavy atom. The van der Waals surface area contributed by atoms with Crippen LogP contribution in [0.15, 0.2) is 24.3 Å². The third kappa shape index (κ3) is 3.29. The molecule has 0 aliphatic carbocycles. The zero-order valence-electron chi connectivity index (χ0n) is 11.2. The summed E-state index contributed by atoms with van der Waals surface area (Å²) in [4.78, 5) is 11.6. The molecule has 0 heterocycles. The molecule has 0 amide bonds. The summed E-state index contributed by atoms with van der Waals surface area (Å²) in [5.41, 5.74) is -0.996. The molecule has 0 saturated carbocycles. The molecule has 118 valence electrons. The number of halogens is 5. The minimum atomic E-state index is -2.30. The first-order valence-electron chi connectivity index (χ1n) is 6.06. The van der Waals surface area contributed by atoms with Crippen LogP contribution in [-0.2, 0) is 11.2 Å². The Morgan fingerprint density at radius 1 is 0.913 bits per heavy atom. The predicted molar refractivity (Wildman–Crippen MR) is 66.7 cm³/mol.